The number of nitrogens with zero attached hydrogens (tertiary/aromatic N) is 1. The van der Waals surface area contributed by atoms with Crippen molar-refractivity contribution in [3.05, 3.63) is 0 Å². The van der Waals surface area contributed by atoms with Crippen molar-refractivity contribution in [3.8, 4) is 0 Å². The number of ether oxygens (including phenoxy) is 2. The lowest BCUT2D eigenvalue weighted by Crippen LogP contribution is -2.50. The van der Waals surface area contributed by atoms with E-state index < -0.39 is 0 Å². The van der Waals surface area contributed by atoms with E-state index in [-0.39, 0.29) is 11.3 Å². The van der Waals surface area contributed by atoms with Crippen LogP contribution >= 0.6 is 0 Å². The van der Waals surface area contributed by atoms with Crippen molar-refractivity contribution in [2.75, 3.05) is 46.1 Å². The molecule has 0 saturated carbocycles. The molecule has 2 aliphatic heterocycles. The Bertz CT molecular complexity index is 279. The molecule has 118 valence electrons. The van der Waals surface area contributed by atoms with E-state index in [0.29, 0.717) is 5.78 Å². The van der Waals surface area contributed by atoms with Crippen LogP contribution in [-0.4, -0.2) is 56.7 Å². The van der Waals surface area contributed by atoms with Crippen molar-refractivity contribution in [1.82, 2.24) is 4.90 Å². The SMILES string of the molecule is CC.CC(C)C(=O)C1(CN2CCOCC2)CCOCC1. The quantitative estimate of drug-likeness (QED) is 0.795. The summed E-state index contributed by atoms with van der Waals surface area (Å²) in [5, 5.41) is 0. The number of carbonyl (C=O) groups excluding carboxylic acids is 1. The summed E-state index contributed by atoms with van der Waals surface area (Å²) in [6.07, 6.45) is 1.75. The van der Waals surface area contributed by atoms with E-state index in [2.05, 4.69) is 4.90 Å². The number of rotatable bonds is 4. The van der Waals surface area contributed by atoms with E-state index in [1.807, 2.05) is 27.7 Å². The van der Waals surface area contributed by atoms with Gasteiger partial charge >= 0.3 is 0 Å². The third-order valence-corrected chi connectivity index (χ3v) is 4.13. The van der Waals surface area contributed by atoms with Gasteiger partial charge in [0.1, 0.15) is 5.78 Å². The summed E-state index contributed by atoms with van der Waals surface area (Å²) in [4.78, 5) is 15.0. The summed E-state index contributed by atoms with van der Waals surface area (Å²) in [6, 6.07) is 0. The standard InChI is InChI=1S/C14H25NO3.C2H6/c1-12(2)13(16)14(3-7-17-8-4-14)11-15-5-9-18-10-6-15;1-2/h12H,3-11H2,1-2H3;1-2H3. The van der Waals surface area contributed by atoms with E-state index in [1.54, 1.807) is 0 Å². The number of ketones is 1. The monoisotopic (exact) mass is 285 g/mol. The minimum Gasteiger partial charge on any atom is -0.381 e. The largest absolute Gasteiger partial charge is 0.381 e. The summed E-state index contributed by atoms with van der Waals surface area (Å²) >= 11 is 0. The molecule has 4 heteroatoms. The zero-order chi connectivity index (χ0) is 15.0. The van der Waals surface area contributed by atoms with Crippen LogP contribution in [0.15, 0.2) is 0 Å². The van der Waals surface area contributed by atoms with Crippen molar-refractivity contribution in [3.63, 3.8) is 0 Å². The van der Waals surface area contributed by atoms with E-state index in [9.17, 15) is 4.79 Å². The molecule has 0 aliphatic carbocycles. The van der Waals surface area contributed by atoms with Gasteiger partial charge in [0.2, 0.25) is 0 Å². The van der Waals surface area contributed by atoms with E-state index in [4.69, 9.17) is 9.47 Å². The zero-order valence-corrected chi connectivity index (χ0v) is 13.6. The maximum atomic E-state index is 12.6. The Balaban J connectivity index is 0.000000956. The first-order valence-corrected chi connectivity index (χ1v) is 8.06. The second-order valence-electron chi connectivity index (χ2n) is 5.80. The molecule has 0 unspecified atom stereocenters. The van der Waals surface area contributed by atoms with Gasteiger partial charge in [-0.2, -0.15) is 0 Å². The van der Waals surface area contributed by atoms with Crippen molar-refractivity contribution in [2.24, 2.45) is 11.3 Å². The Hall–Kier alpha value is -0.450. The molecule has 2 heterocycles. The van der Waals surface area contributed by atoms with Crippen LogP contribution in [0.1, 0.15) is 40.5 Å². The highest BCUT2D eigenvalue weighted by atomic mass is 16.5. The van der Waals surface area contributed by atoms with Gasteiger partial charge in [-0.25, -0.2) is 0 Å². The topological polar surface area (TPSA) is 38.8 Å². The van der Waals surface area contributed by atoms with Gasteiger partial charge in [-0.1, -0.05) is 27.7 Å². The third kappa shape index (κ3) is 4.54. The molecule has 2 saturated heterocycles. The van der Waals surface area contributed by atoms with Gasteiger partial charge in [-0.15, -0.1) is 0 Å². The summed E-state index contributed by atoms with van der Waals surface area (Å²) in [5.41, 5.74) is -0.177. The molecule has 0 amide bonds. The highest BCUT2D eigenvalue weighted by Gasteiger charge is 2.42. The van der Waals surface area contributed by atoms with Gasteiger partial charge in [0.25, 0.3) is 0 Å². The highest BCUT2D eigenvalue weighted by molar-refractivity contribution is 5.86. The number of Topliss-reactive ketones (excluding diaryl/α,β-unsaturated/α-hetero) is 1. The molecule has 0 atom stereocenters. The van der Waals surface area contributed by atoms with Gasteiger partial charge in [-0.3, -0.25) is 9.69 Å². The molecule has 2 rings (SSSR count). The molecular formula is C16H31NO3. The van der Waals surface area contributed by atoms with E-state index >= 15 is 0 Å². The molecule has 4 nitrogen and oxygen atoms in total. The maximum absolute atomic E-state index is 12.6. The first-order chi connectivity index (χ1) is 9.64. The van der Waals surface area contributed by atoms with Crippen LogP contribution in [0.5, 0.6) is 0 Å². The van der Waals surface area contributed by atoms with Gasteiger partial charge in [0.15, 0.2) is 0 Å². The smallest absolute Gasteiger partial charge is 0.143 e. The summed E-state index contributed by atoms with van der Waals surface area (Å²) < 4.78 is 10.8. The molecule has 0 aromatic heterocycles. The van der Waals surface area contributed by atoms with Gasteiger partial charge in [0, 0.05) is 44.2 Å². The molecule has 20 heavy (non-hydrogen) atoms. The molecule has 0 bridgehead atoms. The van der Waals surface area contributed by atoms with Gasteiger partial charge < -0.3 is 9.47 Å². The van der Waals surface area contributed by atoms with Crippen LogP contribution in [0.4, 0.5) is 0 Å². The van der Waals surface area contributed by atoms with Crippen LogP contribution in [-0.2, 0) is 14.3 Å². The number of morpholine rings is 1. The van der Waals surface area contributed by atoms with Crippen LogP contribution in [0.3, 0.4) is 0 Å². The molecule has 2 aliphatic rings. The minimum atomic E-state index is -0.177. The average Bonchev–Trinajstić information content (AvgIpc) is 2.50. The normalized spacial score (nSPS) is 23.1. The van der Waals surface area contributed by atoms with Crippen LogP contribution in [0.2, 0.25) is 0 Å². The molecule has 0 aromatic rings. The number of hydrogen-bond donors (Lipinski definition) is 0. The van der Waals surface area contributed by atoms with Crippen LogP contribution < -0.4 is 0 Å². The third-order valence-electron chi connectivity index (χ3n) is 4.13. The van der Waals surface area contributed by atoms with E-state index in [1.165, 1.54) is 0 Å². The number of hydrogen-bond acceptors (Lipinski definition) is 4. The molecule has 0 radical (unpaired) electrons. The van der Waals surface area contributed by atoms with Gasteiger partial charge in [-0.05, 0) is 12.8 Å². The Kier molecular flexibility index (Phi) is 7.70. The average molecular weight is 285 g/mol. The van der Waals surface area contributed by atoms with Crippen molar-refractivity contribution < 1.29 is 14.3 Å². The van der Waals surface area contributed by atoms with Crippen LogP contribution in [0.25, 0.3) is 0 Å². The van der Waals surface area contributed by atoms with Crippen molar-refractivity contribution in [2.45, 2.75) is 40.5 Å². The first-order valence-electron chi connectivity index (χ1n) is 8.06. The fourth-order valence-corrected chi connectivity index (χ4v) is 3.04. The summed E-state index contributed by atoms with van der Waals surface area (Å²) in [5.74, 6) is 0.529. The molecule has 0 aromatic carbocycles. The Morgan fingerprint density at radius 2 is 1.55 bits per heavy atom. The van der Waals surface area contributed by atoms with Crippen molar-refractivity contribution >= 4 is 5.78 Å². The lowest BCUT2D eigenvalue weighted by Gasteiger charge is -2.41. The molecule has 0 spiro atoms. The summed E-state index contributed by atoms with van der Waals surface area (Å²) in [6.45, 7) is 13.9. The minimum absolute atomic E-state index is 0.115. The molecule has 0 N–H and O–H groups in total. The molecular weight excluding hydrogens is 254 g/mol. The Labute approximate surface area is 123 Å². The zero-order valence-electron chi connectivity index (χ0n) is 13.6. The summed E-state index contributed by atoms with van der Waals surface area (Å²) in [7, 11) is 0. The number of carbonyl (C=O) groups is 1. The second kappa shape index (κ2) is 8.75. The van der Waals surface area contributed by atoms with E-state index in [0.717, 1.165) is 58.9 Å². The lowest BCUT2D eigenvalue weighted by atomic mass is 9.72. The Morgan fingerprint density at radius 3 is 2.05 bits per heavy atom. The second-order valence-corrected chi connectivity index (χ2v) is 5.80. The maximum Gasteiger partial charge on any atom is 0.143 e. The lowest BCUT2D eigenvalue weighted by molar-refractivity contribution is -0.140. The van der Waals surface area contributed by atoms with Crippen LogP contribution in [0, 0.1) is 11.3 Å². The molecule has 2 fully saturated rings. The Morgan fingerprint density at radius 1 is 1.05 bits per heavy atom. The van der Waals surface area contributed by atoms with Gasteiger partial charge in [0.05, 0.1) is 13.2 Å². The fraction of sp³-hybridized carbons (Fsp3) is 0.938. The predicted octanol–water partition coefficient (Wildman–Crippen LogP) is 2.37. The fourth-order valence-electron chi connectivity index (χ4n) is 3.04. The predicted molar refractivity (Wildman–Crippen MR) is 80.9 cm³/mol. The highest BCUT2D eigenvalue weighted by Crippen LogP contribution is 2.35. The van der Waals surface area contributed by atoms with Crippen molar-refractivity contribution in [1.29, 1.82) is 0 Å². The first kappa shape index (κ1) is 17.6.